The van der Waals surface area contributed by atoms with Crippen molar-refractivity contribution in [3.8, 4) is 0 Å². The Balaban J connectivity index is 2.00. The SMILES string of the molecule is C[C@@H](NC(=O)OC(C)(C)C)C(=O)N1CCCC1c1ccccc1. The van der Waals surface area contributed by atoms with Gasteiger partial charge in [0.25, 0.3) is 0 Å². The Labute approximate surface area is 138 Å². The second-order valence-corrected chi connectivity index (χ2v) is 6.97. The third-order valence-electron chi connectivity index (χ3n) is 3.82. The van der Waals surface area contributed by atoms with E-state index in [0.29, 0.717) is 0 Å². The van der Waals surface area contributed by atoms with Gasteiger partial charge in [-0.25, -0.2) is 4.79 Å². The van der Waals surface area contributed by atoms with E-state index >= 15 is 0 Å². The minimum Gasteiger partial charge on any atom is -0.444 e. The Morgan fingerprint density at radius 1 is 1.26 bits per heavy atom. The predicted molar refractivity (Wildman–Crippen MR) is 89.0 cm³/mol. The maximum atomic E-state index is 12.7. The number of carbonyl (C=O) groups is 2. The molecule has 1 aromatic carbocycles. The first-order chi connectivity index (χ1) is 10.8. The Bertz CT molecular complexity index is 551. The molecule has 23 heavy (non-hydrogen) atoms. The van der Waals surface area contributed by atoms with Gasteiger partial charge in [0.2, 0.25) is 5.91 Å². The first-order valence-electron chi connectivity index (χ1n) is 8.13. The van der Waals surface area contributed by atoms with Crippen molar-refractivity contribution in [1.29, 1.82) is 0 Å². The minimum atomic E-state index is -0.603. The lowest BCUT2D eigenvalue weighted by atomic mass is 10.0. The molecule has 0 bridgehead atoms. The van der Waals surface area contributed by atoms with E-state index in [0.717, 1.165) is 24.9 Å². The van der Waals surface area contributed by atoms with E-state index in [2.05, 4.69) is 5.32 Å². The van der Waals surface area contributed by atoms with Crippen LogP contribution in [-0.2, 0) is 9.53 Å². The zero-order valence-electron chi connectivity index (χ0n) is 14.3. The fraction of sp³-hybridized carbons (Fsp3) is 0.556. The highest BCUT2D eigenvalue weighted by Crippen LogP contribution is 2.32. The van der Waals surface area contributed by atoms with Crippen molar-refractivity contribution in [2.24, 2.45) is 0 Å². The van der Waals surface area contributed by atoms with E-state index in [-0.39, 0.29) is 11.9 Å². The molecule has 0 radical (unpaired) electrons. The number of ether oxygens (including phenoxy) is 1. The van der Waals surface area contributed by atoms with Crippen molar-refractivity contribution in [3.05, 3.63) is 35.9 Å². The van der Waals surface area contributed by atoms with Crippen LogP contribution in [-0.4, -0.2) is 35.1 Å². The summed E-state index contributed by atoms with van der Waals surface area (Å²) >= 11 is 0. The maximum Gasteiger partial charge on any atom is 0.408 e. The Kier molecular flexibility index (Phi) is 5.29. The number of likely N-dealkylation sites (tertiary alicyclic amines) is 1. The van der Waals surface area contributed by atoms with Gasteiger partial charge in [-0.15, -0.1) is 0 Å². The van der Waals surface area contributed by atoms with E-state index in [4.69, 9.17) is 4.74 Å². The van der Waals surface area contributed by atoms with Crippen LogP contribution in [0, 0.1) is 0 Å². The molecule has 1 N–H and O–H groups in total. The van der Waals surface area contributed by atoms with Crippen molar-refractivity contribution < 1.29 is 14.3 Å². The minimum absolute atomic E-state index is 0.0674. The van der Waals surface area contributed by atoms with E-state index in [1.54, 1.807) is 27.7 Å². The molecule has 1 fully saturated rings. The third kappa shape index (κ3) is 4.71. The predicted octanol–water partition coefficient (Wildman–Crippen LogP) is 3.26. The number of carbonyl (C=O) groups excluding carboxylic acids is 2. The summed E-state index contributed by atoms with van der Waals surface area (Å²) in [6, 6.07) is 9.51. The van der Waals surface area contributed by atoms with E-state index in [1.165, 1.54) is 0 Å². The van der Waals surface area contributed by atoms with Gasteiger partial charge in [0.15, 0.2) is 0 Å². The molecule has 1 aliphatic rings. The number of amides is 2. The number of hydrogen-bond donors (Lipinski definition) is 1. The summed E-state index contributed by atoms with van der Waals surface area (Å²) in [6.45, 7) is 7.81. The lowest BCUT2D eigenvalue weighted by Gasteiger charge is -2.28. The molecule has 0 aliphatic carbocycles. The van der Waals surface area contributed by atoms with Crippen molar-refractivity contribution in [2.75, 3.05) is 6.54 Å². The Hall–Kier alpha value is -2.04. The molecule has 1 unspecified atom stereocenters. The van der Waals surface area contributed by atoms with Gasteiger partial charge in [0.1, 0.15) is 11.6 Å². The molecule has 2 rings (SSSR count). The number of rotatable bonds is 3. The lowest BCUT2D eigenvalue weighted by Crippen LogP contribution is -2.47. The van der Waals surface area contributed by atoms with Crippen LogP contribution in [0.1, 0.15) is 52.1 Å². The van der Waals surface area contributed by atoms with Gasteiger partial charge in [-0.05, 0) is 46.1 Å². The van der Waals surface area contributed by atoms with Crippen LogP contribution in [0.5, 0.6) is 0 Å². The zero-order valence-corrected chi connectivity index (χ0v) is 14.3. The number of benzene rings is 1. The molecule has 2 atom stereocenters. The molecular formula is C18H26N2O3. The monoisotopic (exact) mass is 318 g/mol. The molecule has 5 nitrogen and oxygen atoms in total. The van der Waals surface area contributed by atoms with Crippen LogP contribution >= 0.6 is 0 Å². The summed E-state index contributed by atoms with van der Waals surface area (Å²) in [5.41, 5.74) is 0.565. The van der Waals surface area contributed by atoms with Gasteiger partial charge in [-0.3, -0.25) is 4.79 Å². The zero-order chi connectivity index (χ0) is 17.0. The first kappa shape index (κ1) is 17.3. The van der Waals surface area contributed by atoms with Crippen LogP contribution in [0.15, 0.2) is 30.3 Å². The lowest BCUT2D eigenvalue weighted by molar-refractivity contribution is -0.134. The normalized spacial score (nSPS) is 19.3. The third-order valence-corrected chi connectivity index (χ3v) is 3.82. The van der Waals surface area contributed by atoms with Gasteiger partial charge in [0.05, 0.1) is 6.04 Å². The molecule has 5 heteroatoms. The van der Waals surface area contributed by atoms with E-state index < -0.39 is 17.7 Å². The van der Waals surface area contributed by atoms with Gasteiger partial charge >= 0.3 is 6.09 Å². The van der Waals surface area contributed by atoms with E-state index in [1.807, 2.05) is 35.2 Å². The van der Waals surface area contributed by atoms with Crippen molar-refractivity contribution in [1.82, 2.24) is 10.2 Å². The Morgan fingerprint density at radius 3 is 2.52 bits per heavy atom. The molecule has 1 aromatic rings. The average molecular weight is 318 g/mol. The largest absolute Gasteiger partial charge is 0.444 e. The summed E-state index contributed by atoms with van der Waals surface area (Å²) in [4.78, 5) is 26.4. The van der Waals surface area contributed by atoms with Crippen molar-refractivity contribution in [3.63, 3.8) is 0 Å². The van der Waals surface area contributed by atoms with Crippen LogP contribution in [0.3, 0.4) is 0 Å². The number of alkyl carbamates (subject to hydrolysis) is 1. The standard InChI is InChI=1S/C18H26N2O3/c1-13(19-17(22)23-18(2,3)4)16(21)20-12-8-11-15(20)14-9-6-5-7-10-14/h5-7,9-10,13,15H,8,11-12H2,1-4H3,(H,19,22)/t13-,15?/m1/s1. The smallest absolute Gasteiger partial charge is 0.408 e. The highest BCUT2D eigenvalue weighted by molar-refractivity contribution is 5.85. The molecule has 0 spiro atoms. The quantitative estimate of drug-likeness (QED) is 0.930. The van der Waals surface area contributed by atoms with Gasteiger partial charge in [-0.1, -0.05) is 30.3 Å². The first-order valence-corrected chi connectivity index (χ1v) is 8.13. The summed E-state index contributed by atoms with van der Waals surface area (Å²) in [5, 5.41) is 2.63. The number of hydrogen-bond acceptors (Lipinski definition) is 3. The van der Waals surface area contributed by atoms with Crippen LogP contribution in [0.2, 0.25) is 0 Å². The summed E-state index contributed by atoms with van der Waals surface area (Å²) in [6.07, 6.45) is 1.37. The Morgan fingerprint density at radius 2 is 1.91 bits per heavy atom. The van der Waals surface area contributed by atoms with Crippen LogP contribution in [0.25, 0.3) is 0 Å². The second kappa shape index (κ2) is 7.02. The average Bonchev–Trinajstić information content (AvgIpc) is 2.94. The molecule has 2 amide bonds. The van der Waals surface area contributed by atoms with Crippen LogP contribution < -0.4 is 5.32 Å². The molecule has 1 heterocycles. The highest BCUT2D eigenvalue weighted by atomic mass is 16.6. The molecule has 1 aliphatic heterocycles. The highest BCUT2D eigenvalue weighted by Gasteiger charge is 2.33. The maximum absolute atomic E-state index is 12.7. The topological polar surface area (TPSA) is 58.6 Å². The van der Waals surface area contributed by atoms with Crippen LogP contribution in [0.4, 0.5) is 4.79 Å². The van der Waals surface area contributed by atoms with Gasteiger partial charge < -0.3 is 15.0 Å². The molecular weight excluding hydrogens is 292 g/mol. The fourth-order valence-electron chi connectivity index (χ4n) is 2.85. The summed E-state index contributed by atoms with van der Waals surface area (Å²) < 4.78 is 5.21. The molecule has 1 saturated heterocycles. The van der Waals surface area contributed by atoms with Gasteiger partial charge in [0, 0.05) is 6.54 Å². The molecule has 0 saturated carbocycles. The second-order valence-electron chi connectivity index (χ2n) is 6.97. The number of nitrogens with one attached hydrogen (secondary N) is 1. The fourth-order valence-corrected chi connectivity index (χ4v) is 2.85. The van der Waals surface area contributed by atoms with E-state index in [9.17, 15) is 9.59 Å². The van der Waals surface area contributed by atoms with Gasteiger partial charge in [-0.2, -0.15) is 0 Å². The van der Waals surface area contributed by atoms with Crippen molar-refractivity contribution in [2.45, 2.75) is 58.2 Å². The summed E-state index contributed by atoms with van der Waals surface area (Å²) in [7, 11) is 0. The number of nitrogens with zero attached hydrogens (tertiary/aromatic N) is 1. The van der Waals surface area contributed by atoms with Crippen molar-refractivity contribution >= 4 is 12.0 Å². The molecule has 0 aromatic heterocycles. The summed E-state index contributed by atoms with van der Waals surface area (Å²) in [5.74, 6) is -0.0674. The molecule has 126 valence electrons.